The summed E-state index contributed by atoms with van der Waals surface area (Å²) in [5, 5.41) is 7.87. The maximum Gasteiger partial charge on any atom is 0.228 e. The second-order valence-corrected chi connectivity index (χ2v) is 10.5. The van der Waals surface area contributed by atoms with Gasteiger partial charge in [-0.05, 0) is 49.6 Å². The quantitative estimate of drug-likeness (QED) is 0.478. The molecule has 0 aliphatic heterocycles. The zero-order valence-corrected chi connectivity index (χ0v) is 18.8. The lowest BCUT2D eigenvalue weighted by Crippen LogP contribution is -2.26. The number of aromatic nitrogens is 4. The molecule has 30 heavy (non-hydrogen) atoms. The summed E-state index contributed by atoms with van der Waals surface area (Å²) in [5.74, 6) is 1.39. The average molecular weight is 441 g/mol. The third kappa shape index (κ3) is 5.03. The fraction of sp³-hybridized carbons (Fsp3) is 0.545. The number of hydrogen-bond donors (Lipinski definition) is 2. The molecule has 0 radical (unpaired) electrons. The zero-order chi connectivity index (χ0) is 20.2. The van der Waals surface area contributed by atoms with E-state index in [1.807, 2.05) is 6.07 Å². The van der Waals surface area contributed by atoms with Crippen LogP contribution in [0.2, 0.25) is 0 Å². The van der Waals surface area contributed by atoms with Crippen molar-refractivity contribution in [1.29, 1.82) is 0 Å². The number of benzene rings is 1. The van der Waals surface area contributed by atoms with Crippen molar-refractivity contribution in [1.82, 2.24) is 19.9 Å². The zero-order valence-electron chi connectivity index (χ0n) is 17.1. The first-order valence-electron chi connectivity index (χ1n) is 11.1. The van der Waals surface area contributed by atoms with Crippen LogP contribution in [0, 0.1) is 0 Å². The fourth-order valence-electron chi connectivity index (χ4n) is 4.36. The molecule has 2 aliphatic carbocycles. The van der Waals surface area contributed by atoms with Crippen molar-refractivity contribution in [3.8, 4) is 0 Å². The van der Waals surface area contributed by atoms with E-state index in [4.69, 9.17) is 19.9 Å². The van der Waals surface area contributed by atoms with Crippen LogP contribution in [0.4, 0.5) is 11.9 Å². The molecule has 2 N–H and O–H groups in total. The first-order chi connectivity index (χ1) is 14.8. The van der Waals surface area contributed by atoms with Gasteiger partial charge >= 0.3 is 0 Å². The molecule has 2 heterocycles. The smallest absolute Gasteiger partial charge is 0.228 e. The molecule has 8 heteroatoms. The van der Waals surface area contributed by atoms with Crippen LogP contribution in [-0.2, 0) is 0 Å². The van der Waals surface area contributed by atoms with Crippen LogP contribution in [-0.4, -0.2) is 32.0 Å². The average Bonchev–Trinajstić information content (AvgIpc) is 3.17. The van der Waals surface area contributed by atoms with Gasteiger partial charge in [-0.2, -0.15) is 15.0 Å². The molecule has 2 fully saturated rings. The van der Waals surface area contributed by atoms with Gasteiger partial charge in [0, 0.05) is 12.1 Å². The Hall–Kier alpha value is -1.93. The van der Waals surface area contributed by atoms with Crippen LogP contribution in [0.3, 0.4) is 0 Å². The van der Waals surface area contributed by atoms with Gasteiger partial charge in [-0.15, -0.1) is 11.3 Å². The van der Waals surface area contributed by atoms with Gasteiger partial charge < -0.3 is 10.6 Å². The van der Waals surface area contributed by atoms with Crippen molar-refractivity contribution in [3.05, 3.63) is 24.3 Å². The number of nitrogens with zero attached hydrogens (tertiary/aromatic N) is 4. The molecule has 0 saturated heterocycles. The summed E-state index contributed by atoms with van der Waals surface area (Å²) in [6.07, 6.45) is 12.6. The number of thiazole rings is 1. The van der Waals surface area contributed by atoms with Crippen LogP contribution in [0.25, 0.3) is 10.2 Å². The van der Waals surface area contributed by atoms with Gasteiger partial charge in [0.25, 0.3) is 0 Å². The highest BCUT2D eigenvalue weighted by Crippen LogP contribution is 2.33. The lowest BCUT2D eigenvalue weighted by molar-refractivity contribution is 0.457. The van der Waals surface area contributed by atoms with Gasteiger partial charge in [-0.1, -0.05) is 50.7 Å². The maximum absolute atomic E-state index is 4.74. The highest BCUT2D eigenvalue weighted by atomic mass is 32.2. The van der Waals surface area contributed by atoms with E-state index < -0.39 is 0 Å². The Kier molecular flexibility index (Phi) is 6.32. The molecular formula is C22H28N6S2. The first kappa shape index (κ1) is 20.0. The lowest BCUT2D eigenvalue weighted by Gasteiger charge is -2.24. The topological polar surface area (TPSA) is 75.6 Å². The van der Waals surface area contributed by atoms with Gasteiger partial charge in [-0.25, -0.2) is 4.98 Å². The molecule has 5 rings (SSSR count). The Balaban J connectivity index is 1.38. The molecule has 3 aromatic rings. The van der Waals surface area contributed by atoms with Gasteiger partial charge in [0.2, 0.25) is 17.1 Å². The number of nitrogens with one attached hydrogen (secondary N) is 2. The summed E-state index contributed by atoms with van der Waals surface area (Å²) in [7, 11) is 0. The monoisotopic (exact) mass is 440 g/mol. The van der Waals surface area contributed by atoms with Gasteiger partial charge in [0.15, 0.2) is 4.34 Å². The summed E-state index contributed by atoms with van der Waals surface area (Å²) in [6, 6.07) is 9.16. The van der Waals surface area contributed by atoms with Gasteiger partial charge in [-0.3, -0.25) is 0 Å². The Labute approximate surface area is 185 Å². The highest BCUT2D eigenvalue weighted by molar-refractivity contribution is 8.01. The molecule has 6 nitrogen and oxygen atoms in total. The molecule has 0 atom stereocenters. The molecule has 0 spiro atoms. The first-order valence-corrected chi connectivity index (χ1v) is 12.8. The Morgan fingerprint density at radius 1 is 0.733 bits per heavy atom. The van der Waals surface area contributed by atoms with Crippen LogP contribution >= 0.6 is 23.1 Å². The van der Waals surface area contributed by atoms with Gasteiger partial charge in [0.05, 0.1) is 10.2 Å². The van der Waals surface area contributed by atoms with Crippen molar-refractivity contribution >= 4 is 45.2 Å². The molecule has 0 amide bonds. The Bertz CT molecular complexity index is 907. The summed E-state index contributed by atoms with van der Waals surface area (Å²) < 4.78 is 2.16. The van der Waals surface area contributed by atoms with E-state index in [2.05, 4.69) is 28.8 Å². The Morgan fingerprint density at radius 3 is 1.93 bits per heavy atom. The summed E-state index contributed by atoms with van der Waals surface area (Å²) in [5.41, 5.74) is 1.03. The minimum Gasteiger partial charge on any atom is -0.351 e. The van der Waals surface area contributed by atoms with Crippen LogP contribution in [0.5, 0.6) is 0 Å². The van der Waals surface area contributed by atoms with Crippen molar-refractivity contribution in [2.45, 2.75) is 85.8 Å². The van der Waals surface area contributed by atoms with E-state index in [1.54, 1.807) is 11.3 Å². The lowest BCUT2D eigenvalue weighted by atomic mass is 9.96. The van der Waals surface area contributed by atoms with Crippen molar-refractivity contribution < 1.29 is 0 Å². The van der Waals surface area contributed by atoms with Crippen LogP contribution in [0.15, 0.2) is 33.8 Å². The molecule has 2 saturated carbocycles. The van der Waals surface area contributed by atoms with E-state index in [0.717, 1.165) is 9.86 Å². The molecule has 158 valence electrons. The van der Waals surface area contributed by atoms with E-state index in [-0.39, 0.29) is 0 Å². The summed E-state index contributed by atoms with van der Waals surface area (Å²) in [6.45, 7) is 0. The second-order valence-electron chi connectivity index (χ2n) is 8.27. The van der Waals surface area contributed by atoms with Crippen LogP contribution < -0.4 is 10.6 Å². The van der Waals surface area contributed by atoms with Crippen molar-refractivity contribution in [3.63, 3.8) is 0 Å². The fourth-order valence-corrected chi connectivity index (χ4v) is 6.28. The van der Waals surface area contributed by atoms with Crippen molar-refractivity contribution in [2.24, 2.45) is 0 Å². The predicted molar refractivity (Wildman–Crippen MR) is 125 cm³/mol. The maximum atomic E-state index is 4.74. The highest BCUT2D eigenvalue weighted by Gasteiger charge is 2.19. The SMILES string of the molecule is c1ccc2sc(Sc3nc(NC4CCCCC4)nc(NC4CCCCC4)n3)nc2c1. The van der Waals surface area contributed by atoms with E-state index in [1.165, 1.54) is 80.7 Å². The van der Waals surface area contributed by atoms with Gasteiger partial charge in [0.1, 0.15) is 0 Å². The minimum atomic E-state index is 0.462. The van der Waals surface area contributed by atoms with Crippen LogP contribution in [0.1, 0.15) is 64.2 Å². The number of fused-ring (bicyclic) bond motifs is 1. The third-order valence-corrected chi connectivity index (χ3v) is 7.91. The molecule has 2 aromatic heterocycles. The number of anilines is 2. The third-order valence-electron chi connectivity index (χ3n) is 5.94. The minimum absolute atomic E-state index is 0.462. The standard InChI is InChI=1S/C22H28N6S2/c1-3-9-15(10-4-1)23-19-26-20(24-16-11-5-2-6-12-16)28-21(27-19)30-22-25-17-13-7-8-14-18(17)29-22/h7-8,13-16H,1-6,9-12H2,(H2,23,24,26,27,28). The largest absolute Gasteiger partial charge is 0.351 e. The Morgan fingerprint density at radius 2 is 1.33 bits per heavy atom. The summed E-state index contributed by atoms with van der Waals surface area (Å²) >= 11 is 3.22. The molecule has 1 aromatic carbocycles. The number of hydrogen-bond acceptors (Lipinski definition) is 8. The molecule has 0 bridgehead atoms. The normalized spacial score (nSPS) is 18.5. The van der Waals surface area contributed by atoms with E-state index in [9.17, 15) is 0 Å². The van der Waals surface area contributed by atoms with Crippen molar-refractivity contribution in [2.75, 3.05) is 10.6 Å². The van der Waals surface area contributed by atoms with E-state index in [0.29, 0.717) is 29.1 Å². The van der Waals surface area contributed by atoms with E-state index >= 15 is 0 Å². The molecule has 2 aliphatic rings. The number of para-hydroxylation sites is 1. The summed E-state index contributed by atoms with van der Waals surface area (Å²) in [4.78, 5) is 19.0. The second kappa shape index (κ2) is 9.47. The molecular weight excluding hydrogens is 412 g/mol. The predicted octanol–water partition coefficient (Wildman–Crippen LogP) is 6.12. The molecule has 0 unspecified atom stereocenters. The number of rotatable bonds is 6.